The summed E-state index contributed by atoms with van der Waals surface area (Å²) >= 11 is 0. The molecule has 0 aliphatic rings. The van der Waals surface area contributed by atoms with Gasteiger partial charge in [-0.15, -0.1) is 0 Å². The van der Waals surface area contributed by atoms with Crippen molar-refractivity contribution >= 4 is 0 Å². The molecule has 4 heteroatoms. The molecule has 0 spiro atoms. The summed E-state index contributed by atoms with van der Waals surface area (Å²) in [5.41, 5.74) is 3.03. The highest BCUT2D eigenvalue weighted by molar-refractivity contribution is 4.91. The Bertz CT molecular complexity index is 170. The second kappa shape index (κ2) is 8.01. The van der Waals surface area contributed by atoms with Crippen molar-refractivity contribution in [3.05, 3.63) is 0 Å². The smallest absolute Gasteiger partial charge is 0.0462 e. The number of hydrogen-bond acceptors (Lipinski definition) is 4. The fourth-order valence-electron chi connectivity index (χ4n) is 2.33. The minimum absolute atomic E-state index is 0.0754. The molecule has 0 aromatic rings. The van der Waals surface area contributed by atoms with Crippen LogP contribution in [0.1, 0.15) is 40.5 Å². The van der Waals surface area contributed by atoms with Gasteiger partial charge in [0.25, 0.3) is 0 Å². The molecule has 1 atom stereocenters. The number of hydrazine groups is 1. The van der Waals surface area contributed by atoms with Gasteiger partial charge in [0.1, 0.15) is 0 Å². The van der Waals surface area contributed by atoms with Crippen molar-refractivity contribution in [2.45, 2.75) is 52.1 Å². The highest BCUT2D eigenvalue weighted by Gasteiger charge is 2.32. The maximum atomic E-state index is 5.67. The van der Waals surface area contributed by atoms with Gasteiger partial charge in [-0.2, -0.15) is 0 Å². The summed E-state index contributed by atoms with van der Waals surface area (Å²) in [6, 6.07) is 0.294. The minimum Gasteiger partial charge on any atom is -0.385 e. The fraction of sp³-hybridized carbons (Fsp3) is 1.00. The molecule has 4 nitrogen and oxygen atoms in total. The first-order valence-corrected chi connectivity index (χ1v) is 6.24. The van der Waals surface area contributed by atoms with Gasteiger partial charge in [0, 0.05) is 25.3 Å². The number of nitrogens with one attached hydrogen (secondary N) is 1. The van der Waals surface area contributed by atoms with E-state index in [0.717, 1.165) is 32.5 Å². The van der Waals surface area contributed by atoms with E-state index in [4.69, 9.17) is 10.6 Å². The van der Waals surface area contributed by atoms with E-state index in [1.165, 1.54) is 0 Å². The van der Waals surface area contributed by atoms with Crippen LogP contribution in [0.2, 0.25) is 0 Å². The molecule has 16 heavy (non-hydrogen) atoms. The van der Waals surface area contributed by atoms with E-state index in [1.807, 2.05) is 0 Å². The highest BCUT2D eigenvalue weighted by Crippen LogP contribution is 2.21. The van der Waals surface area contributed by atoms with E-state index in [-0.39, 0.29) is 5.54 Å². The SMILES string of the molecule is CCN(CC)C(C)(C)C(CCCOC)NN. The van der Waals surface area contributed by atoms with Gasteiger partial charge in [-0.25, -0.2) is 0 Å². The summed E-state index contributed by atoms with van der Waals surface area (Å²) in [4.78, 5) is 2.43. The molecule has 0 amide bonds. The van der Waals surface area contributed by atoms with E-state index in [2.05, 4.69) is 38.0 Å². The highest BCUT2D eigenvalue weighted by atomic mass is 16.5. The van der Waals surface area contributed by atoms with Crippen LogP contribution >= 0.6 is 0 Å². The largest absolute Gasteiger partial charge is 0.385 e. The van der Waals surface area contributed by atoms with E-state index < -0.39 is 0 Å². The van der Waals surface area contributed by atoms with E-state index >= 15 is 0 Å². The van der Waals surface area contributed by atoms with Crippen LogP contribution in [0.25, 0.3) is 0 Å². The van der Waals surface area contributed by atoms with Crippen LogP contribution in [0, 0.1) is 0 Å². The molecule has 0 saturated heterocycles. The Morgan fingerprint density at radius 3 is 2.25 bits per heavy atom. The second-order valence-corrected chi connectivity index (χ2v) is 4.68. The molecule has 0 aromatic carbocycles. The Morgan fingerprint density at radius 1 is 1.31 bits per heavy atom. The number of nitrogens with two attached hydrogens (primary N) is 1. The fourth-order valence-corrected chi connectivity index (χ4v) is 2.33. The first-order valence-electron chi connectivity index (χ1n) is 6.24. The van der Waals surface area contributed by atoms with Gasteiger partial charge in [-0.05, 0) is 39.8 Å². The molecule has 0 bridgehead atoms. The predicted octanol–water partition coefficient (Wildman–Crippen LogP) is 1.37. The summed E-state index contributed by atoms with van der Waals surface area (Å²) in [5, 5.41) is 0. The van der Waals surface area contributed by atoms with Crippen LogP contribution in [0.15, 0.2) is 0 Å². The summed E-state index contributed by atoms with van der Waals surface area (Å²) < 4.78 is 5.08. The van der Waals surface area contributed by atoms with Crippen LogP contribution in [0.4, 0.5) is 0 Å². The third-order valence-corrected chi connectivity index (χ3v) is 3.47. The van der Waals surface area contributed by atoms with Crippen LogP contribution < -0.4 is 11.3 Å². The molecule has 98 valence electrons. The normalized spacial score (nSPS) is 14.4. The molecule has 0 rings (SSSR count). The Labute approximate surface area is 100 Å². The first-order chi connectivity index (χ1) is 7.54. The van der Waals surface area contributed by atoms with Crippen molar-refractivity contribution in [2.24, 2.45) is 5.84 Å². The van der Waals surface area contributed by atoms with E-state index in [0.29, 0.717) is 6.04 Å². The molecule has 0 radical (unpaired) electrons. The first kappa shape index (κ1) is 15.8. The number of ether oxygens (including phenoxy) is 1. The third kappa shape index (κ3) is 4.37. The Kier molecular flexibility index (Phi) is 7.93. The van der Waals surface area contributed by atoms with Crippen LogP contribution in [-0.2, 0) is 4.74 Å². The molecule has 0 aromatic heterocycles. The third-order valence-electron chi connectivity index (χ3n) is 3.47. The van der Waals surface area contributed by atoms with Gasteiger partial charge in [0.2, 0.25) is 0 Å². The van der Waals surface area contributed by atoms with Gasteiger partial charge in [0.15, 0.2) is 0 Å². The van der Waals surface area contributed by atoms with E-state index in [9.17, 15) is 0 Å². The van der Waals surface area contributed by atoms with Crippen LogP contribution in [-0.4, -0.2) is 43.3 Å². The molecule has 3 N–H and O–H groups in total. The molecule has 1 unspecified atom stereocenters. The number of methoxy groups -OCH3 is 1. The minimum atomic E-state index is 0.0754. The molecular weight excluding hydrogens is 202 g/mol. The molecule has 0 aliphatic heterocycles. The summed E-state index contributed by atoms with van der Waals surface area (Å²) in [6.45, 7) is 11.8. The molecule has 0 saturated carbocycles. The van der Waals surface area contributed by atoms with Crippen molar-refractivity contribution < 1.29 is 4.74 Å². The molecule has 0 aliphatic carbocycles. The molecular formula is C12H29N3O. The predicted molar refractivity (Wildman–Crippen MR) is 69.2 cm³/mol. The quantitative estimate of drug-likeness (QED) is 0.357. The van der Waals surface area contributed by atoms with Gasteiger partial charge < -0.3 is 4.74 Å². The lowest BCUT2D eigenvalue weighted by molar-refractivity contribution is 0.0817. The standard InChI is InChI=1S/C12H29N3O/c1-6-15(7-2)12(3,4)11(14-13)9-8-10-16-5/h11,14H,6-10,13H2,1-5H3. The number of rotatable bonds is 9. The lowest BCUT2D eigenvalue weighted by Crippen LogP contribution is -2.59. The maximum Gasteiger partial charge on any atom is 0.0462 e. The van der Waals surface area contributed by atoms with Gasteiger partial charge >= 0.3 is 0 Å². The zero-order valence-electron chi connectivity index (χ0n) is 11.5. The van der Waals surface area contributed by atoms with Crippen LogP contribution in [0.3, 0.4) is 0 Å². The number of likely N-dealkylation sites (N-methyl/N-ethyl adjacent to an activating group) is 1. The van der Waals surface area contributed by atoms with Gasteiger partial charge in [0.05, 0.1) is 0 Å². The average molecular weight is 231 g/mol. The van der Waals surface area contributed by atoms with Gasteiger partial charge in [-0.3, -0.25) is 16.2 Å². The van der Waals surface area contributed by atoms with E-state index in [1.54, 1.807) is 7.11 Å². The Hall–Kier alpha value is -0.160. The maximum absolute atomic E-state index is 5.67. The topological polar surface area (TPSA) is 50.5 Å². The monoisotopic (exact) mass is 231 g/mol. The van der Waals surface area contributed by atoms with Crippen molar-refractivity contribution in [3.8, 4) is 0 Å². The van der Waals surface area contributed by atoms with Crippen molar-refractivity contribution in [1.29, 1.82) is 0 Å². The Morgan fingerprint density at radius 2 is 1.88 bits per heavy atom. The molecule has 0 heterocycles. The van der Waals surface area contributed by atoms with Gasteiger partial charge in [-0.1, -0.05) is 13.8 Å². The zero-order valence-corrected chi connectivity index (χ0v) is 11.5. The van der Waals surface area contributed by atoms with Crippen molar-refractivity contribution in [3.63, 3.8) is 0 Å². The number of hydrogen-bond donors (Lipinski definition) is 2. The van der Waals surface area contributed by atoms with Crippen LogP contribution in [0.5, 0.6) is 0 Å². The summed E-state index contributed by atoms with van der Waals surface area (Å²) in [6.07, 6.45) is 2.07. The lowest BCUT2D eigenvalue weighted by Gasteiger charge is -2.43. The summed E-state index contributed by atoms with van der Waals surface area (Å²) in [7, 11) is 1.74. The average Bonchev–Trinajstić information content (AvgIpc) is 2.25. The second-order valence-electron chi connectivity index (χ2n) is 4.68. The number of nitrogens with zero attached hydrogens (tertiary/aromatic N) is 1. The lowest BCUT2D eigenvalue weighted by atomic mass is 9.89. The molecule has 0 fully saturated rings. The zero-order chi connectivity index (χ0) is 12.6. The Balaban J connectivity index is 4.39. The van der Waals surface area contributed by atoms with Crippen molar-refractivity contribution in [1.82, 2.24) is 10.3 Å². The summed E-state index contributed by atoms with van der Waals surface area (Å²) in [5.74, 6) is 5.67. The van der Waals surface area contributed by atoms with Crippen molar-refractivity contribution in [2.75, 3.05) is 26.8 Å².